The van der Waals surface area contributed by atoms with Crippen LogP contribution in [0.25, 0.3) is 10.8 Å². The second-order valence-electron chi connectivity index (χ2n) is 5.01. The van der Waals surface area contributed by atoms with Gasteiger partial charge in [-0.05, 0) is 12.1 Å². The van der Waals surface area contributed by atoms with Gasteiger partial charge in [0, 0.05) is 29.1 Å². The van der Waals surface area contributed by atoms with Crippen LogP contribution in [0.3, 0.4) is 0 Å². The number of hydrazine groups is 1. The minimum atomic E-state index is -1.83. The van der Waals surface area contributed by atoms with Gasteiger partial charge in [-0.25, -0.2) is 4.79 Å². The number of imide groups is 1. The maximum Gasteiger partial charge on any atom is 0.452 e. The first-order valence-electron chi connectivity index (χ1n) is 6.63. The van der Waals surface area contributed by atoms with E-state index in [1.165, 1.54) is 6.20 Å². The summed E-state index contributed by atoms with van der Waals surface area (Å²) in [5, 5.41) is 19.2. The highest BCUT2D eigenvalue weighted by Gasteiger charge is 2.45. The van der Waals surface area contributed by atoms with Crippen molar-refractivity contribution in [2.45, 2.75) is 12.3 Å². The van der Waals surface area contributed by atoms with E-state index >= 15 is 0 Å². The molecule has 2 heterocycles. The zero-order chi connectivity index (χ0) is 16.7. The molecule has 1 fully saturated rings. The Hall–Kier alpha value is -3.20. The van der Waals surface area contributed by atoms with Crippen LogP contribution in [0.4, 0.5) is 10.5 Å². The van der Waals surface area contributed by atoms with Gasteiger partial charge in [-0.15, -0.1) is 0 Å². The molecule has 1 aromatic carbocycles. The molecule has 1 unspecified atom stereocenters. The molecular weight excluding hydrogens is 304 g/mol. The van der Waals surface area contributed by atoms with Gasteiger partial charge in [0.1, 0.15) is 0 Å². The van der Waals surface area contributed by atoms with Crippen molar-refractivity contribution in [1.82, 2.24) is 15.2 Å². The second kappa shape index (κ2) is 5.21. The monoisotopic (exact) mass is 316 g/mol. The number of fused-ring (bicyclic) bond motifs is 1. The summed E-state index contributed by atoms with van der Waals surface area (Å²) in [5.41, 5.74) is 6.69. The minimum absolute atomic E-state index is 0.194. The van der Waals surface area contributed by atoms with Gasteiger partial charge in [0.15, 0.2) is 0 Å². The second-order valence-corrected chi connectivity index (χ2v) is 5.01. The summed E-state index contributed by atoms with van der Waals surface area (Å²) >= 11 is 0. The van der Waals surface area contributed by atoms with Crippen LogP contribution in [0.2, 0.25) is 0 Å². The van der Waals surface area contributed by atoms with Gasteiger partial charge in [0.05, 0.1) is 11.6 Å². The fourth-order valence-corrected chi connectivity index (χ4v) is 2.65. The Bertz CT molecular complexity index is 837. The van der Waals surface area contributed by atoms with E-state index in [-0.39, 0.29) is 11.4 Å². The van der Waals surface area contributed by atoms with Crippen molar-refractivity contribution in [3.05, 3.63) is 36.2 Å². The topological polar surface area (TPSA) is 137 Å². The van der Waals surface area contributed by atoms with Crippen LogP contribution >= 0.6 is 0 Å². The van der Waals surface area contributed by atoms with E-state index in [9.17, 15) is 19.6 Å². The number of hydrogen-bond donors (Lipinski definition) is 3. The summed E-state index contributed by atoms with van der Waals surface area (Å²) in [5.74, 6) is -2.67. The molecule has 1 atom stereocenters. The summed E-state index contributed by atoms with van der Waals surface area (Å²) in [7, 11) is 0. The molecule has 0 bridgehead atoms. The summed E-state index contributed by atoms with van der Waals surface area (Å²) < 4.78 is 0. The van der Waals surface area contributed by atoms with Crippen LogP contribution in [0.5, 0.6) is 0 Å². The van der Waals surface area contributed by atoms with E-state index in [1.807, 2.05) is 0 Å². The van der Waals surface area contributed by atoms with Gasteiger partial charge >= 0.3 is 6.09 Å². The van der Waals surface area contributed by atoms with E-state index in [2.05, 4.69) is 4.98 Å². The SMILES string of the molecule is Nc1cccc2c(C3CC(=O)N(N(O)C(=O)O)C3=O)nccc12. The number of nitrogens with two attached hydrogens (primary N) is 1. The number of hydrogen-bond acceptors (Lipinski definition) is 6. The maximum atomic E-state index is 12.4. The molecule has 9 heteroatoms. The third kappa shape index (κ3) is 2.23. The molecule has 2 aromatic rings. The maximum absolute atomic E-state index is 12.4. The molecule has 1 aromatic heterocycles. The fourth-order valence-electron chi connectivity index (χ4n) is 2.65. The van der Waals surface area contributed by atoms with Crippen molar-refractivity contribution in [1.29, 1.82) is 0 Å². The molecule has 1 aliphatic rings. The standard InChI is InChI=1S/C14H12N4O5/c15-10-3-1-2-8-7(10)4-5-16-12(8)9-6-11(19)17(13(9)20)18(23)14(21)22/h1-5,9,23H,6,15H2,(H,21,22). The highest BCUT2D eigenvalue weighted by atomic mass is 16.6. The van der Waals surface area contributed by atoms with Crippen LogP contribution in [0, 0.1) is 0 Å². The Morgan fingerprint density at radius 1 is 1.30 bits per heavy atom. The van der Waals surface area contributed by atoms with E-state index < -0.39 is 29.0 Å². The average Bonchev–Trinajstić information content (AvgIpc) is 2.81. The van der Waals surface area contributed by atoms with E-state index in [1.54, 1.807) is 24.3 Å². The van der Waals surface area contributed by atoms with Gasteiger partial charge in [-0.2, -0.15) is 5.01 Å². The zero-order valence-corrected chi connectivity index (χ0v) is 11.7. The molecule has 1 aliphatic heterocycles. The summed E-state index contributed by atoms with van der Waals surface area (Å²) in [6.07, 6.45) is -0.658. The number of nitrogens with zero attached hydrogens (tertiary/aromatic N) is 3. The first kappa shape index (κ1) is 14.7. The molecule has 1 saturated heterocycles. The van der Waals surface area contributed by atoms with Crippen molar-refractivity contribution in [3.8, 4) is 0 Å². The van der Waals surface area contributed by atoms with Crippen LogP contribution < -0.4 is 5.73 Å². The number of hydroxylamine groups is 1. The summed E-state index contributed by atoms with van der Waals surface area (Å²) in [4.78, 5) is 39.2. The highest BCUT2D eigenvalue weighted by molar-refractivity contribution is 6.08. The number of aromatic nitrogens is 1. The third-order valence-electron chi connectivity index (χ3n) is 3.68. The Kier molecular flexibility index (Phi) is 3.34. The molecule has 0 aliphatic carbocycles. The molecule has 118 valence electrons. The lowest BCUT2D eigenvalue weighted by molar-refractivity contribution is -0.209. The lowest BCUT2D eigenvalue weighted by atomic mass is 9.97. The number of carboxylic acid groups (broad SMARTS) is 1. The van der Waals surface area contributed by atoms with Gasteiger partial charge in [-0.3, -0.25) is 19.8 Å². The quantitative estimate of drug-likeness (QED) is 0.324. The number of benzene rings is 1. The molecular formula is C14H12N4O5. The van der Waals surface area contributed by atoms with Crippen molar-refractivity contribution >= 4 is 34.4 Å². The molecule has 9 nitrogen and oxygen atoms in total. The molecule has 4 N–H and O–H groups in total. The number of pyridine rings is 1. The molecule has 23 heavy (non-hydrogen) atoms. The van der Waals surface area contributed by atoms with E-state index in [4.69, 9.17) is 10.8 Å². The van der Waals surface area contributed by atoms with Crippen LogP contribution in [-0.2, 0) is 9.59 Å². The Labute approximate surface area is 129 Å². The van der Waals surface area contributed by atoms with Gasteiger partial charge in [-0.1, -0.05) is 17.3 Å². The van der Waals surface area contributed by atoms with E-state index in [0.29, 0.717) is 22.2 Å². The van der Waals surface area contributed by atoms with E-state index in [0.717, 1.165) is 0 Å². The van der Waals surface area contributed by atoms with Gasteiger partial charge in [0.25, 0.3) is 11.8 Å². The molecule has 0 spiro atoms. The lowest BCUT2D eigenvalue weighted by Crippen LogP contribution is -2.47. The van der Waals surface area contributed by atoms with Crippen molar-refractivity contribution in [3.63, 3.8) is 0 Å². The zero-order valence-electron chi connectivity index (χ0n) is 11.7. The van der Waals surface area contributed by atoms with Gasteiger partial charge in [0.2, 0.25) is 0 Å². The fraction of sp³-hybridized carbons (Fsp3) is 0.143. The minimum Gasteiger partial charge on any atom is -0.462 e. The number of carbonyl (C=O) groups excluding carboxylic acids is 2. The normalized spacial score (nSPS) is 17.8. The third-order valence-corrected chi connectivity index (χ3v) is 3.68. The molecule has 3 amide bonds. The summed E-state index contributed by atoms with van der Waals surface area (Å²) in [6.45, 7) is 0. The first-order chi connectivity index (χ1) is 10.9. The molecule has 3 rings (SSSR count). The van der Waals surface area contributed by atoms with Crippen molar-refractivity contribution < 1.29 is 24.7 Å². The molecule has 0 radical (unpaired) electrons. The Morgan fingerprint density at radius 2 is 2.04 bits per heavy atom. The number of nitrogen functional groups attached to an aromatic ring is 1. The Morgan fingerprint density at radius 3 is 2.74 bits per heavy atom. The largest absolute Gasteiger partial charge is 0.462 e. The predicted octanol–water partition coefficient (Wildman–Crippen LogP) is 0.944. The van der Waals surface area contributed by atoms with Crippen LogP contribution in [0.1, 0.15) is 18.0 Å². The average molecular weight is 316 g/mol. The highest BCUT2D eigenvalue weighted by Crippen LogP contribution is 2.34. The Balaban J connectivity index is 2.07. The van der Waals surface area contributed by atoms with Gasteiger partial charge < -0.3 is 10.8 Å². The van der Waals surface area contributed by atoms with Crippen molar-refractivity contribution in [2.24, 2.45) is 0 Å². The number of anilines is 1. The number of carbonyl (C=O) groups is 3. The molecule has 0 saturated carbocycles. The lowest BCUT2D eigenvalue weighted by Gasteiger charge is -2.20. The number of rotatable bonds is 2. The van der Waals surface area contributed by atoms with Crippen LogP contribution in [0.15, 0.2) is 30.5 Å². The first-order valence-corrected chi connectivity index (χ1v) is 6.63. The smallest absolute Gasteiger partial charge is 0.452 e. The van der Waals surface area contributed by atoms with Crippen LogP contribution in [-0.4, -0.2) is 43.4 Å². The summed E-state index contributed by atoms with van der Waals surface area (Å²) in [6, 6.07) is 6.78. The number of amides is 3. The van der Waals surface area contributed by atoms with Crippen molar-refractivity contribution in [2.75, 3.05) is 5.73 Å². The predicted molar refractivity (Wildman–Crippen MR) is 77.0 cm³/mol.